The van der Waals surface area contributed by atoms with Gasteiger partial charge in [-0.25, -0.2) is 0 Å². The highest BCUT2D eigenvalue weighted by molar-refractivity contribution is 6.74. The van der Waals surface area contributed by atoms with Crippen LogP contribution in [-0.4, -0.2) is 27.0 Å². The molecule has 0 N–H and O–H groups in total. The van der Waals surface area contributed by atoms with Gasteiger partial charge < -0.3 is 9.16 Å². The van der Waals surface area contributed by atoms with Crippen molar-refractivity contribution in [3.63, 3.8) is 0 Å². The van der Waals surface area contributed by atoms with Gasteiger partial charge in [-0.2, -0.15) is 0 Å². The summed E-state index contributed by atoms with van der Waals surface area (Å²) in [6.07, 6.45) is -0.365. The molecule has 0 spiro atoms. The molecule has 0 unspecified atom stereocenters. The number of carbonyl (C=O) groups is 1. The van der Waals surface area contributed by atoms with Crippen LogP contribution in [0, 0.1) is 11.8 Å². The van der Waals surface area contributed by atoms with Crippen molar-refractivity contribution >= 4 is 14.3 Å². The van der Waals surface area contributed by atoms with Gasteiger partial charge in [-0.05, 0) is 25.1 Å². The summed E-state index contributed by atoms with van der Waals surface area (Å²) in [4.78, 5) is 10.7. The van der Waals surface area contributed by atoms with Crippen LogP contribution >= 0.6 is 0 Å². The first-order valence-corrected chi connectivity index (χ1v) is 8.76. The van der Waals surface area contributed by atoms with Gasteiger partial charge in [-0.3, -0.25) is 4.79 Å². The molecule has 0 radical (unpaired) electrons. The number of esters is 1. The van der Waals surface area contributed by atoms with Crippen LogP contribution in [0.15, 0.2) is 0 Å². The van der Waals surface area contributed by atoms with Gasteiger partial charge in [0.05, 0.1) is 6.61 Å². The Kier molecular flexibility index (Phi) is 5.93. The Labute approximate surface area is 106 Å². The predicted octanol–water partition coefficient (Wildman–Crippen LogP) is 2.96. The largest absolute Gasteiger partial charge is 0.450 e. The van der Waals surface area contributed by atoms with Crippen LogP contribution in [0.1, 0.15) is 34.6 Å². The molecule has 98 valence electrons. The molecule has 0 rings (SSSR count). The summed E-state index contributed by atoms with van der Waals surface area (Å²) in [5, 5.41) is 0.191. The van der Waals surface area contributed by atoms with Crippen molar-refractivity contribution in [1.82, 2.24) is 0 Å². The Balaban J connectivity index is 4.16. The summed E-state index contributed by atoms with van der Waals surface area (Å²) in [6.45, 7) is 14.5. The molecule has 0 aromatic rings. The zero-order valence-corrected chi connectivity index (χ0v) is 13.0. The van der Waals surface area contributed by atoms with E-state index in [9.17, 15) is 4.79 Å². The Morgan fingerprint density at radius 2 is 1.88 bits per heavy atom. The van der Waals surface area contributed by atoms with Crippen LogP contribution in [0.25, 0.3) is 0 Å². The molecule has 1 atom stereocenters. The standard InChI is InChI=1S/C13H24O3Si/c1-11(16-12(2)14)9-8-10-15-17(6,7)13(3,4)5/h11H,10H2,1-7H3/t11-/m1/s1. The van der Waals surface area contributed by atoms with Gasteiger partial charge in [0.2, 0.25) is 0 Å². The van der Waals surface area contributed by atoms with Crippen molar-refractivity contribution in [2.75, 3.05) is 6.61 Å². The second-order valence-corrected chi connectivity index (χ2v) is 10.4. The minimum absolute atomic E-state index is 0.191. The van der Waals surface area contributed by atoms with Gasteiger partial charge in [-0.1, -0.05) is 32.6 Å². The van der Waals surface area contributed by atoms with E-state index >= 15 is 0 Å². The monoisotopic (exact) mass is 256 g/mol. The SMILES string of the molecule is CC(=O)O[C@H](C)C#CCO[Si](C)(C)C(C)(C)C. The topological polar surface area (TPSA) is 35.5 Å². The van der Waals surface area contributed by atoms with Gasteiger partial charge in [0.1, 0.15) is 0 Å². The van der Waals surface area contributed by atoms with Crippen LogP contribution in [0.3, 0.4) is 0 Å². The maximum absolute atomic E-state index is 10.7. The molecular formula is C13H24O3Si. The first-order chi connectivity index (χ1) is 7.56. The highest BCUT2D eigenvalue weighted by atomic mass is 28.4. The Bertz CT molecular complexity index is 318. The second kappa shape index (κ2) is 6.22. The van der Waals surface area contributed by atoms with Crippen LogP contribution in [0.4, 0.5) is 0 Å². The van der Waals surface area contributed by atoms with E-state index in [2.05, 4.69) is 45.7 Å². The molecule has 3 nitrogen and oxygen atoms in total. The molecule has 4 heteroatoms. The molecule has 0 aromatic carbocycles. The molecule has 0 fully saturated rings. The highest BCUT2D eigenvalue weighted by Crippen LogP contribution is 2.36. The number of hydrogen-bond donors (Lipinski definition) is 0. The summed E-state index contributed by atoms with van der Waals surface area (Å²) >= 11 is 0. The Morgan fingerprint density at radius 3 is 2.29 bits per heavy atom. The maximum atomic E-state index is 10.7. The molecule has 0 aliphatic rings. The van der Waals surface area contributed by atoms with Crippen LogP contribution < -0.4 is 0 Å². The maximum Gasteiger partial charge on any atom is 0.303 e. The molecule has 0 aliphatic carbocycles. The van der Waals surface area contributed by atoms with Crippen molar-refractivity contribution in [3.8, 4) is 11.8 Å². The van der Waals surface area contributed by atoms with Crippen molar-refractivity contribution in [1.29, 1.82) is 0 Å². The molecule has 0 saturated heterocycles. The molecule has 0 amide bonds. The quantitative estimate of drug-likeness (QED) is 0.442. The minimum Gasteiger partial charge on any atom is -0.450 e. The lowest BCUT2D eigenvalue weighted by molar-refractivity contribution is -0.143. The number of rotatable bonds is 3. The van der Waals surface area contributed by atoms with Gasteiger partial charge in [0.15, 0.2) is 14.4 Å². The molecule has 17 heavy (non-hydrogen) atoms. The fraction of sp³-hybridized carbons (Fsp3) is 0.769. The summed E-state index contributed by atoms with van der Waals surface area (Å²) in [7, 11) is -1.72. The van der Waals surface area contributed by atoms with Gasteiger partial charge >= 0.3 is 5.97 Å². The second-order valence-electron chi connectivity index (χ2n) is 5.62. The average Bonchev–Trinajstić information content (AvgIpc) is 2.09. The normalized spacial score (nSPS) is 13.6. The van der Waals surface area contributed by atoms with E-state index in [1.54, 1.807) is 6.92 Å². The molecule has 0 bridgehead atoms. The summed E-state index contributed by atoms with van der Waals surface area (Å²) in [5.41, 5.74) is 0. The van der Waals surface area contributed by atoms with Crippen molar-refractivity contribution in [3.05, 3.63) is 0 Å². The van der Waals surface area contributed by atoms with Crippen LogP contribution in [-0.2, 0) is 14.0 Å². The van der Waals surface area contributed by atoms with Gasteiger partial charge in [0.25, 0.3) is 0 Å². The minimum atomic E-state index is -1.72. The molecule has 0 aromatic heterocycles. The van der Waals surface area contributed by atoms with E-state index < -0.39 is 8.32 Å². The smallest absolute Gasteiger partial charge is 0.303 e. The van der Waals surface area contributed by atoms with E-state index in [1.807, 2.05) is 0 Å². The van der Waals surface area contributed by atoms with Gasteiger partial charge in [0, 0.05) is 6.92 Å². The molecular weight excluding hydrogens is 232 g/mol. The first-order valence-electron chi connectivity index (χ1n) is 5.86. The third kappa shape index (κ3) is 6.50. The van der Waals surface area contributed by atoms with Crippen molar-refractivity contribution < 1.29 is 14.0 Å². The molecule has 0 aliphatic heterocycles. The molecule has 0 heterocycles. The number of hydrogen-bond acceptors (Lipinski definition) is 3. The van der Waals surface area contributed by atoms with E-state index in [0.29, 0.717) is 6.61 Å². The van der Waals surface area contributed by atoms with E-state index in [1.165, 1.54) is 6.92 Å². The predicted molar refractivity (Wildman–Crippen MR) is 72.2 cm³/mol. The fourth-order valence-electron chi connectivity index (χ4n) is 0.897. The number of ether oxygens (including phenoxy) is 1. The van der Waals surface area contributed by atoms with Crippen molar-refractivity contribution in [2.45, 2.75) is 58.9 Å². The highest BCUT2D eigenvalue weighted by Gasteiger charge is 2.36. The van der Waals surface area contributed by atoms with E-state index in [0.717, 1.165) is 0 Å². The zero-order chi connectivity index (χ0) is 13.7. The molecule has 0 saturated carbocycles. The van der Waals surface area contributed by atoms with Gasteiger partial charge in [-0.15, -0.1) is 0 Å². The fourth-order valence-corrected chi connectivity index (χ4v) is 1.76. The summed E-state index contributed by atoms with van der Waals surface area (Å²) in [6, 6.07) is 0. The van der Waals surface area contributed by atoms with E-state index in [-0.39, 0.29) is 17.1 Å². The lowest BCUT2D eigenvalue weighted by Gasteiger charge is -2.35. The Hall–Kier alpha value is -0.793. The number of carbonyl (C=O) groups excluding carboxylic acids is 1. The lowest BCUT2D eigenvalue weighted by atomic mass is 10.2. The van der Waals surface area contributed by atoms with Crippen LogP contribution in [0.5, 0.6) is 0 Å². The van der Waals surface area contributed by atoms with Crippen LogP contribution in [0.2, 0.25) is 18.1 Å². The zero-order valence-electron chi connectivity index (χ0n) is 12.0. The third-order valence-electron chi connectivity index (χ3n) is 2.96. The van der Waals surface area contributed by atoms with Crippen molar-refractivity contribution in [2.24, 2.45) is 0 Å². The summed E-state index contributed by atoms with van der Waals surface area (Å²) in [5.74, 6) is 5.44. The lowest BCUT2D eigenvalue weighted by Crippen LogP contribution is -2.40. The van der Waals surface area contributed by atoms with E-state index in [4.69, 9.17) is 9.16 Å². The Morgan fingerprint density at radius 1 is 1.35 bits per heavy atom. The average molecular weight is 256 g/mol. The third-order valence-corrected chi connectivity index (χ3v) is 7.44. The summed E-state index contributed by atoms with van der Waals surface area (Å²) < 4.78 is 10.8. The first kappa shape index (κ1) is 16.2.